The van der Waals surface area contributed by atoms with Crippen molar-refractivity contribution in [1.29, 1.82) is 0 Å². The fraction of sp³-hybridized carbons (Fsp3) is 0.125. The number of carbonyl (C=O) groups is 2. The van der Waals surface area contributed by atoms with Crippen molar-refractivity contribution in [2.45, 2.75) is 24.3 Å². The second kappa shape index (κ2) is 7.46. The molecule has 1 aromatic heterocycles. The first kappa shape index (κ1) is 18.6. The highest BCUT2D eigenvalue weighted by molar-refractivity contribution is 8.04. The third kappa shape index (κ3) is 3.00. The highest BCUT2D eigenvalue weighted by atomic mass is 32.2. The van der Waals surface area contributed by atoms with Crippen LogP contribution in [0, 0.1) is 0 Å². The molecule has 0 spiro atoms. The number of pyridine rings is 1. The van der Waals surface area contributed by atoms with Crippen molar-refractivity contribution in [2.75, 3.05) is 10.2 Å². The average molecular weight is 414 g/mol. The molecule has 0 radical (unpaired) electrons. The van der Waals surface area contributed by atoms with Crippen LogP contribution in [0.5, 0.6) is 0 Å². The van der Waals surface area contributed by atoms with Crippen molar-refractivity contribution in [3.63, 3.8) is 0 Å². The van der Waals surface area contributed by atoms with E-state index in [-0.39, 0.29) is 11.8 Å². The van der Waals surface area contributed by atoms with E-state index in [1.54, 1.807) is 12.4 Å². The number of benzene rings is 2. The van der Waals surface area contributed by atoms with Crippen molar-refractivity contribution in [1.82, 2.24) is 4.98 Å². The number of amides is 2. The number of imide groups is 1. The van der Waals surface area contributed by atoms with E-state index >= 15 is 0 Å². The number of anilines is 2. The van der Waals surface area contributed by atoms with Crippen LogP contribution in [-0.2, 0) is 16.0 Å². The molecule has 0 fully saturated rings. The third-order valence-electron chi connectivity index (χ3n) is 5.38. The molecule has 2 aliphatic heterocycles. The molecular weight excluding hydrogens is 394 g/mol. The second-order valence-electron chi connectivity index (χ2n) is 7.17. The molecule has 30 heavy (non-hydrogen) atoms. The van der Waals surface area contributed by atoms with Gasteiger partial charge in [-0.1, -0.05) is 49.0 Å². The summed E-state index contributed by atoms with van der Waals surface area (Å²) < 4.78 is 0. The Bertz CT molecular complexity index is 1170. The van der Waals surface area contributed by atoms with Crippen LogP contribution in [0.2, 0.25) is 0 Å². The molecular formula is C24H19N3O2S. The molecule has 0 bridgehead atoms. The molecule has 2 aromatic carbocycles. The molecule has 0 saturated heterocycles. The summed E-state index contributed by atoms with van der Waals surface area (Å²) in [7, 11) is 0. The molecule has 2 aliphatic rings. The van der Waals surface area contributed by atoms with E-state index < -0.39 is 6.04 Å². The number of para-hydroxylation sites is 1. The van der Waals surface area contributed by atoms with Gasteiger partial charge in [0.25, 0.3) is 11.8 Å². The van der Waals surface area contributed by atoms with Crippen molar-refractivity contribution in [2.24, 2.45) is 0 Å². The Balaban J connectivity index is 1.63. The number of nitrogens with one attached hydrogen (secondary N) is 1. The van der Waals surface area contributed by atoms with Crippen LogP contribution in [0.4, 0.5) is 11.4 Å². The molecule has 3 aromatic rings. The number of aromatic nitrogens is 1. The van der Waals surface area contributed by atoms with Gasteiger partial charge in [-0.15, -0.1) is 0 Å². The summed E-state index contributed by atoms with van der Waals surface area (Å²) in [5.41, 5.74) is 3.95. The van der Waals surface area contributed by atoms with Crippen LogP contribution in [0.15, 0.2) is 88.4 Å². The van der Waals surface area contributed by atoms with Gasteiger partial charge in [0, 0.05) is 23.0 Å². The van der Waals surface area contributed by atoms with Gasteiger partial charge in [0.2, 0.25) is 0 Å². The number of hydrogen-bond acceptors (Lipinski definition) is 5. The van der Waals surface area contributed by atoms with Crippen LogP contribution in [0.25, 0.3) is 0 Å². The number of fused-ring (bicyclic) bond motifs is 1. The Morgan fingerprint density at radius 2 is 1.80 bits per heavy atom. The Kier molecular flexibility index (Phi) is 4.64. The molecule has 2 amide bonds. The van der Waals surface area contributed by atoms with Gasteiger partial charge < -0.3 is 5.32 Å². The maximum absolute atomic E-state index is 13.6. The summed E-state index contributed by atoms with van der Waals surface area (Å²) in [6.45, 7) is 2.07. The molecule has 5 nitrogen and oxygen atoms in total. The smallest absolute Gasteiger partial charge is 0.272 e. The van der Waals surface area contributed by atoms with Gasteiger partial charge in [0.05, 0.1) is 22.2 Å². The minimum absolute atomic E-state index is 0.281. The SMILES string of the molecule is CCc1ccc(N2C(=O)C3=C(C2=O)[C@H](c2cccnc2)Nc2ccccc2S3)cc1. The number of carbonyl (C=O) groups excluding carboxylic acids is 2. The molecule has 0 saturated carbocycles. The first-order valence-corrected chi connectivity index (χ1v) is 10.6. The first-order chi connectivity index (χ1) is 14.7. The highest BCUT2D eigenvalue weighted by Gasteiger charge is 2.45. The van der Waals surface area contributed by atoms with Crippen molar-refractivity contribution < 1.29 is 9.59 Å². The lowest BCUT2D eigenvalue weighted by atomic mass is 9.99. The highest BCUT2D eigenvalue weighted by Crippen LogP contribution is 2.47. The fourth-order valence-corrected chi connectivity index (χ4v) is 4.90. The van der Waals surface area contributed by atoms with Crippen molar-refractivity contribution in [3.05, 3.63) is 94.7 Å². The third-order valence-corrected chi connectivity index (χ3v) is 6.56. The molecule has 6 heteroatoms. The lowest BCUT2D eigenvalue weighted by Gasteiger charge is -2.22. The van der Waals surface area contributed by atoms with Crippen LogP contribution in [0.1, 0.15) is 24.1 Å². The van der Waals surface area contributed by atoms with Crippen molar-refractivity contribution in [3.8, 4) is 0 Å². The van der Waals surface area contributed by atoms with E-state index in [0.29, 0.717) is 16.2 Å². The van der Waals surface area contributed by atoms with Crippen LogP contribution in [-0.4, -0.2) is 16.8 Å². The van der Waals surface area contributed by atoms with E-state index in [1.165, 1.54) is 16.7 Å². The molecule has 5 rings (SSSR count). The number of hydrogen-bond donors (Lipinski definition) is 1. The Morgan fingerprint density at radius 3 is 2.53 bits per heavy atom. The Labute approximate surface area is 178 Å². The first-order valence-electron chi connectivity index (χ1n) is 9.82. The van der Waals surface area contributed by atoms with Gasteiger partial charge in [0.1, 0.15) is 0 Å². The maximum atomic E-state index is 13.6. The van der Waals surface area contributed by atoms with Crippen LogP contribution in [0.3, 0.4) is 0 Å². The fourth-order valence-electron chi connectivity index (χ4n) is 3.80. The number of nitrogens with zero attached hydrogens (tertiary/aromatic N) is 2. The van der Waals surface area contributed by atoms with Gasteiger partial charge in [-0.05, 0) is 47.9 Å². The minimum Gasteiger partial charge on any atom is -0.373 e. The predicted octanol–water partition coefficient (Wildman–Crippen LogP) is 4.73. The van der Waals surface area contributed by atoms with E-state index in [0.717, 1.165) is 28.1 Å². The summed E-state index contributed by atoms with van der Waals surface area (Å²) in [4.78, 5) is 33.9. The minimum atomic E-state index is -0.457. The zero-order chi connectivity index (χ0) is 20.7. The van der Waals surface area contributed by atoms with Gasteiger partial charge >= 0.3 is 0 Å². The summed E-state index contributed by atoms with van der Waals surface area (Å²) in [5, 5.41) is 3.47. The summed E-state index contributed by atoms with van der Waals surface area (Å²) >= 11 is 1.35. The second-order valence-corrected chi connectivity index (χ2v) is 8.22. The topological polar surface area (TPSA) is 62.3 Å². The van der Waals surface area contributed by atoms with E-state index in [2.05, 4.69) is 17.2 Å². The summed E-state index contributed by atoms with van der Waals surface area (Å²) in [5.74, 6) is -0.572. The summed E-state index contributed by atoms with van der Waals surface area (Å²) in [6.07, 6.45) is 4.33. The number of thioether (sulfide) groups is 1. The van der Waals surface area contributed by atoms with E-state index in [4.69, 9.17) is 0 Å². The molecule has 3 heterocycles. The van der Waals surface area contributed by atoms with Gasteiger partial charge in [-0.2, -0.15) is 0 Å². The number of aryl methyl sites for hydroxylation is 1. The van der Waals surface area contributed by atoms with Gasteiger partial charge in [-0.3, -0.25) is 14.6 Å². The largest absolute Gasteiger partial charge is 0.373 e. The molecule has 0 aliphatic carbocycles. The monoisotopic (exact) mass is 413 g/mol. The van der Waals surface area contributed by atoms with E-state index in [9.17, 15) is 9.59 Å². The lowest BCUT2D eigenvalue weighted by molar-refractivity contribution is -0.120. The average Bonchev–Trinajstić information content (AvgIpc) is 2.93. The van der Waals surface area contributed by atoms with Gasteiger partial charge in [-0.25, -0.2) is 4.90 Å². The van der Waals surface area contributed by atoms with Crippen LogP contribution < -0.4 is 10.2 Å². The van der Waals surface area contributed by atoms with Crippen LogP contribution >= 0.6 is 11.8 Å². The molecule has 1 atom stereocenters. The maximum Gasteiger partial charge on any atom is 0.272 e. The molecule has 0 unspecified atom stereocenters. The quantitative estimate of drug-likeness (QED) is 0.629. The normalized spacial score (nSPS) is 18.0. The van der Waals surface area contributed by atoms with Crippen molar-refractivity contribution >= 4 is 35.0 Å². The Hall–Kier alpha value is -3.38. The Morgan fingerprint density at radius 1 is 1.00 bits per heavy atom. The van der Waals surface area contributed by atoms with Gasteiger partial charge in [0.15, 0.2) is 0 Å². The summed E-state index contributed by atoms with van der Waals surface area (Å²) in [6, 6.07) is 18.7. The zero-order valence-corrected chi connectivity index (χ0v) is 17.1. The molecule has 1 N–H and O–H groups in total. The lowest BCUT2D eigenvalue weighted by Crippen LogP contribution is -2.33. The predicted molar refractivity (Wildman–Crippen MR) is 118 cm³/mol. The number of rotatable bonds is 3. The zero-order valence-electron chi connectivity index (χ0n) is 16.3. The standard InChI is InChI=1S/C24H19N3O2S/c1-2-15-9-11-17(12-10-15)27-23(28)20-21(16-6-5-13-25-14-16)26-18-7-3-4-8-19(18)30-22(20)24(27)29/h3-14,21,26H,2H2,1H3/t21-/m0/s1. The van der Waals surface area contributed by atoms with E-state index in [1.807, 2.05) is 60.7 Å². The molecule has 148 valence electrons.